The molecule has 0 heterocycles. The number of ether oxygens (including phenoxy) is 1. The van der Waals surface area contributed by atoms with E-state index in [0.29, 0.717) is 10.8 Å². The van der Waals surface area contributed by atoms with Gasteiger partial charge in [-0.1, -0.05) is 20.8 Å². The van der Waals surface area contributed by atoms with Crippen molar-refractivity contribution in [1.29, 1.82) is 0 Å². The van der Waals surface area contributed by atoms with Gasteiger partial charge in [0.1, 0.15) is 0 Å². The highest BCUT2D eigenvalue weighted by atomic mass is 16.5. The molecule has 3 rings (SSSR count). The van der Waals surface area contributed by atoms with E-state index in [4.69, 9.17) is 4.74 Å². The Bertz CT molecular complexity index is 334. The maximum absolute atomic E-state index is 5.94. The first-order valence-electron chi connectivity index (χ1n) is 7.42. The van der Waals surface area contributed by atoms with Crippen LogP contribution in [0.25, 0.3) is 0 Å². The smallest absolute Gasteiger partial charge is 0.0684 e. The van der Waals surface area contributed by atoms with Gasteiger partial charge in [0.15, 0.2) is 0 Å². The van der Waals surface area contributed by atoms with Crippen LogP contribution in [-0.2, 0) is 4.74 Å². The topological polar surface area (TPSA) is 9.23 Å². The summed E-state index contributed by atoms with van der Waals surface area (Å²) in [7, 11) is 1.92. The Morgan fingerprint density at radius 1 is 1.00 bits per heavy atom. The molecule has 3 saturated carbocycles. The van der Waals surface area contributed by atoms with E-state index in [1.54, 1.807) is 0 Å². The van der Waals surface area contributed by atoms with Gasteiger partial charge in [0.2, 0.25) is 0 Å². The van der Waals surface area contributed by atoms with E-state index < -0.39 is 0 Å². The lowest BCUT2D eigenvalue weighted by molar-refractivity contribution is -0.100. The molecule has 3 fully saturated rings. The summed E-state index contributed by atoms with van der Waals surface area (Å²) in [6, 6.07) is 0. The third-order valence-electron chi connectivity index (χ3n) is 7.23. The zero-order valence-corrected chi connectivity index (χ0v) is 12.2. The summed E-state index contributed by atoms with van der Waals surface area (Å²) in [5.41, 5.74) is 1.29. The Morgan fingerprint density at radius 2 is 1.71 bits per heavy atom. The normalized spacial score (nSPS) is 55.9. The van der Waals surface area contributed by atoms with Crippen molar-refractivity contribution in [1.82, 2.24) is 0 Å². The van der Waals surface area contributed by atoms with Crippen molar-refractivity contribution < 1.29 is 4.74 Å². The molecule has 0 radical (unpaired) electrons. The van der Waals surface area contributed by atoms with Crippen LogP contribution in [0.3, 0.4) is 0 Å². The molecular weight excluding hydrogens is 208 g/mol. The first kappa shape index (κ1) is 12.0. The fourth-order valence-electron chi connectivity index (χ4n) is 6.10. The van der Waals surface area contributed by atoms with E-state index in [9.17, 15) is 0 Å². The third kappa shape index (κ3) is 1.25. The maximum Gasteiger partial charge on any atom is 0.0684 e. The molecule has 1 spiro atoms. The molecular formula is C16H28O. The Morgan fingerprint density at radius 3 is 2.35 bits per heavy atom. The molecule has 98 valence electrons. The molecule has 0 aromatic carbocycles. The van der Waals surface area contributed by atoms with Crippen LogP contribution in [-0.4, -0.2) is 12.7 Å². The summed E-state index contributed by atoms with van der Waals surface area (Å²) in [5, 5.41) is 0. The predicted molar refractivity (Wildman–Crippen MR) is 70.9 cm³/mol. The van der Waals surface area contributed by atoms with Gasteiger partial charge in [-0.2, -0.15) is 0 Å². The van der Waals surface area contributed by atoms with Gasteiger partial charge in [0.05, 0.1) is 5.60 Å². The van der Waals surface area contributed by atoms with Gasteiger partial charge >= 0.3 is 0 Å². The van der Waals surface area contributed by atoms with Crippen molar-refractivity contribution >= 4 is 0 Å². The van der Waals surface area contributed by atoms with E-state index in [-0.39, 0.29) is 5.60 Å². The van der Waals surface area contributed by atoms with Crippen molar-refractivity contribution in [3.05, 3.63) is 0 Å². The van der Waals surface area contributed by atoms with Gasteiger partial charge in [-0.25, -0.2) is 0 Å². The Labute approximate surface area is 106 Å². The summed E-state index contributed by atoms with van der Waals surface area (Å²) in [4.78, 5) is 0. The standard InChI is InChI=1S/C16H28O/c1-11-6-7-12-14(2,3)13-10-16(11,12)9-8-15(13,4)17-5/h11-13H,6-10H2,1-5H3/t11-,12+,13-,15+,16+/m0/s1. The van der Waals surface area contributed by atoms with E-state index in [1.165, 1.54) is 32.1 Å². The zero-order chi connectivity index (χ0) is 12.5. The highest BCUT2D eigenvalue weighted by Gasteiger charge is 2.68. The molecule has 1 nitrogen and oxygen atoms in total. The second kappa shape index (κ2) is 3.29. The van der Waals surface area contributed by atoms with E-state index in [2.05, 4.69) is 27.7 Å². The van der Waals surface area contributed by atoms with Crippen LogP contribution in [0.1, 0.15) is 59.8 Å². The van der Waals surface area contributed by atoms with Crippen molar-refractivity contribution in [2.75, 3.05) is 7.11 Å². The highest BCUT2D eigenvalue weighted by Crippen LogP contribution is 2.73. The van der Waals surface area contributed by atoms with Crippen molar-refractivity contribution in [2.45, 2.75) is 65.4 Å². The minimum absolute atomic E-state index is 0.138. The van der Waals surface area contributed by atoms with Crippen molar-refractivity contribution in [3.63, 3.8) is 0 Å². The van der Waals surface area contributed by atoms with Crippen LogP contribution in [0.15, 0.2) is 0 Å². The molecule has 3 aliphatic rings. The average Bonchev–Trinajstić information content (AvgIpc) is 2.70. The van der Waals surface area contributed by atoms with Crippen molar-refractivity contribution in [2.24, 2.45) is 28.6 Å². The lowest BCUT2D eigenvalue weighted by Gasteiger charge is -2.46. The quantitative estimate of drug-likeness (QED) is 0.661. The Kier molecular flexibility index (Phi) is 2.32. The molecule has 3 aliphatic carbocycles. The number of methoxy groups -OCH3 is 1. The monoisotopic (exact) mass is 236 g/mol. The molecule has 17 heavy (non-hydrogen) atoms. The summed E-state index contributed by atoms with van der Waals surface area (Å²) >= 11 is 0. The largest absolute Gasteiger partial charge is 0.378 e. The van der Waals surface area contributed by atoms with Crippen LogP contribution < -0.4 is 0 Å². The third-order valence-corrected chi connectivity index (χ3v) is 7.23. The van der Waals surface area contributed by atoms with Gasteiger partial charge in [0.25, 0.3) is 0 Å². The predicted octanol–water partition coefficient (Wildman–Crippen LogP) is 4.26. The van der Waals surface area contributed by atoms with Crippen LogP contribution in [0.4, 0.5) is 0 Å². The molecule has 0 N–H and O–H groups in total. The highest BCUT2D eigenvalue weighted by molar-refractivity contribution is 5.17. The molecule has 0 unspecified atom stereocenters. The molecule has 1 heteroatoms. The van der Waals surface area contributed by atoms with E-state index >= 15 is 0 Å². The Balaban J connectivity index is 2.04. The van der Waals surface area contributed by atoms with Crippen LogP contribution >= 0.6 is 0 Å². The maximum atomic E-state index is 5.94. The SMILES string of the molecule is CO[C@]1(C)CC[C@]23C[C@H]1C(C)(C)[C@H]2CC[C@@H]3C. The summed E-state index contributed by atoms with van der Waals surface area (Å²) < 4.78 is 5.94. The minimum atomic E-state index is 0.138. The van der Waals surface area contributed by atoms with Gasteiger partial charge in [0, 0.05) is 7.11 Å². The zero-order valence-electron chi connectivity index (χ0n) is 12.2. The first-order chi connectivity index (χ1) is 7.87. The second-order valence-electron chi connectivity index (χ2n) is 7.86. The van der Waals surface area contributed by atoms with Gasteiger partial charge in [-0.3, -0.25) is 0 Å². The number of hydrogen-bond donors (Lipinski definition) is 0. The molecule has 0 amide bonds. The lowest BCUT2D eigenvalue weighted by atomic mass is 9.64. The van der Waals surface area contributed by atoms with Crippen LogP contribution in [0.2, 0.25) is 0 Å². The fraction of sp³-hybridized carbons (Fsp3) is 1.00. The Hall–Kier alpha value is -0.0400. The molecule has 0 aliphatic heterocycles. The van der Waals surface area contributed by atoms with Crippen LogP contribution in [0.5, 0.6) is 0 Å². The van der Waals surface area contributed by atoms with E-state index in [0.717, 1.165) is 17.8 Å². The molecule has 5 atom stereocenters. The van der Waals surface area contributed by atoms with Gasteiger partial charge < -0.3 is 4.74 Å². The molecule has 0 aromatic rings. The van der Waals surface area contributed by atoms with Crippen LogP contribution in [0, 0.1) is 28.6 Å². The first-order valence-corrected chi connectivity index (χ1v) is 7.42. The summed E-state index contributed by atoms with van der Waals surface area (Å²) in [6.07, 6.45) is 7.03. The fourth-order valence-corrected chi connectivity index (χ4v) is 6.10. The summed E-state index contributed by atoms with van der Waals surface area (Å²) in [6.45, 7) is 9.90. The molecule has 2 bridgehead atoms. The molecule has 0 aromatic heterocycles. The van der Waals surface area contributed by atoms with Gasteiger partial charge in [-0.05, 0) is 67.6 Å². The average molecular weight is 236 g/mol. The second-order valence-corrected chi connectivity index (χ2v) is 7.86. The lowest BCUT2D eigenvalue weighted by Crippen LogP contribution is -2.45. The summed E-state index contributed by atoms with van der Waals surface area (Å²) in [5.74, 6) is 2.66. The number of rotatable bonds is 1. The minimum Gasteiger partial charge on any atom is -0.378 e. The number of fused-ring (bicyclic) bond motifs is 1. The molecule has 0 saturated heterocycles. The van der Waals surface area contributed by atoms with Crippen molar-refractivity contribution in [3.8, 4) is 0 Å². The van der Waals surface area contributed by atoms with E-state index in [1.807, 2.05) is 7.11 Å². The number of hydrogen-bond acceptors (Lipinski definition) is 1. The van der Waals surface area contributed by atoms with Gasteiger partial charge in [-0.15, -0.1) is 0 Å².